The van der Waals surface area contributed by atoms with E-state index in [1.165, 1.54) is 44.4 Å². The molecular formula is C18H29N3O6S. The predicted octanol–water partition coefficient (Wildman–Crippen LogP) is 0.607. The van der Waals surface area contributed by atoms with Gasteiger partial charge >= 0.3 is 0 Å². The van der Waals surface area contributed by atoms with Gasteiger partial charge in [-0.3, -0.25) is 9.59 Å². The minimum absolute atomic E-state index is 0.0764. The average Bonchev–Trinajstić information content (AvgIpc) is 2.58. The molecule has 2 amide bonds. The molecule has 0 unspecified atom stereocenters. The first-order valence-corrected chi connectivity index (χ1v) is 10.1. The molecule has 0 aliphatic heterocycles. The van der Waals surface area contributed by atoms with Crippen molar-refractivity contribution in [2.24, 2.45) is 0 Å². The first kappa shape index (κ1) is 23.9. The van der Waals surface area contributed by atoms with E-state index in [1.54, 1.807) is 0 Å². The molecule has 10 heteroatoms. The molecule has 0 heterocycles. The van der Waals surface area contributed by atoms with Crippen LogP contribution in [-0.4, -0.2) is 71.6 Å². The zero-order valence-corrected chi connectivity index (χ0v) is 18.0. The third kappa shape index (κ3) is 7.10. The van der Waals surface area contributed by atoms with E-state index < -0.39 is 21.5 Å². The molecule has 9 nitrogen and oxygen atoms in total. The Labute approximate surface area is 166 Å². The van der Waals surface area contributed by atoms with Gasteiger partial charge in [0.1, 0.15) is 10.6 Å². The fourth-order valence-electron chi connectivity index (χ4n) is 2.34. The third-order valence-corrected chi connectivity index (χ3v) is 5.02. The van der Waals surface area contributed by atoms with Crippen LogP contribution in [0.15, 0.2) is 23.1 Å². The Morgan fingerprint density at radius 2 is 1.82 bits per heavy atom. The largest absolute Gasteiger partial charge is 0.495 e. The fraction of sp³-hybridized carbons (Fsp3) is 0.556. The Hall–Kier alpha value is -2.17. The van der Waals surface area contributed by atoms with Crippen molar-refractivity contribution >= 4 is 21.8 Å². The minimum Gasteiger partial charge on any atom is -0.495 e. The summed E-state index contributed by atoms with van der Waals surface area (Å²) in [5.74, 6) is -0.694. The van der Waals surface area contributed by atoms with E-state index in [-0.39, 0.29) is 41.8 Å². The highest BCUT2D eigenvalue weighted by Gasteiger charge is 2.24. The lowest BCUT2D eigenvalue weighted by Gasteiger charge is -2.23. The van der Waals surface area contributed by atoms with Gasteiger partial charge < -0.3 is 19.7 Å². The highest BCUT2D eigenvalue weighted by Crippen LogP contribution is 2.25. The summed E-state index contributed by atoms with van der Waals surface area (Å²) in [7, 11) is 0.362. The van der Waals surface area contributed by atoms with Crippen LogP contribution in [-0.2, 0) is 19.6 Å². The number of methoxy groups -OCH3 is 2. The maximum atomic E-state index is 12.7. The number of carbonyl (C=O) groups excluding carboxylic acids is 2. The van der Waals surface area contributed by atoms with Crippen molar-refractivity contribution in [1.82, 2.24) is 14.9 Å². The van der Waals surface area contributed by atoms with Gasteiger partial charge in [0.15, 0.2) is 0 Å². The van der Waals surface area contributed by atoms with E-state index >= 15 is 0 Å². The van der Waals surface area contributed by atoms with Gasteiger partial charge in [0.05, 0.1) is 20.3 Å². The topological polar surface area (TPSA) is 114 Å². The van der Waals surface area contributed by atoms with Gasteiger partial charge in [-0.1, -0.05) is 0 Å². The second kappa shape index (κ2) is 9.85. The monoisotopic (exact) mass is 415 g/mol. The van der Waals surface area contributed by atoms with Gasteiger partial charge in [0, 0.05) is 31.8 Å². The molecule has 0 saturated heterocycles. The van der Waals surface area contributed by atoms with Gasteiger partial charge in [-0.25, -0.2) is 13.1 Å². The highest BCUT2D eigenvalue weighted by molar-refractivity contribution is 7.89. The first-order chi connectivity index (χ1) is 12.9. The Balaban J connectivity index is 3.05. The maximum absolute atomic E-state index is 12.7. The van der Waals surface area contributed by atoms with Crippen LogP contribution in [0.4, 0.5) is 0 Å². The molecule has 28 heavy (non-hydrogen) atoms. The van der Waals surface area contributed by atoms with E-state index in [9.17, 15) is 18.0 Å². The summed E-state index contributed by atoms with van der Waals surface area (Å²) in [6.07, 6.45) is 0. The van der Waals surface area contributed by atoms with Crippen molar-refractivity contribution in [2.75, 3.05) is 41.0 Å². The second-order valence-electron chi connectivity index (χ2n) is 7.22. The number of hydrogen-bond acceptors (Lipinski definition) is 6. The lowest BCUT2D eigenvalue weighted by Crippen LogP contribution is -2.46. The normalized spacial score (nSPS) is 11.8. The molecule has 1 rings (SSSR count). The summed E-state index contributed by atoms with van der Waals surface area (Å²) in [6, 6.07) is 4.09. The number of carbonyl (C=O) groups is 2. The molecule has 0 fully saturated rings. The molecule has 1 aromatic rings. The highest BCUT2D eigenvalue weighted by atomic mass is 32.2. The predicted molar refractivity (Wildman–Crippen MR) is 105 cm³/mol. The Morgan fingerprint density at radius 3 is 2.36 bits per heavy atom. The molecule has 0 aliphatic carbocycles. The molecule has 158 valence electrons. The van der Waals surface area contributed by atoms with Gasteiger partial charge in [0.2, 0.25) is 15.9 Å². The van der Waals surface area contributed by atoms with Crippen LogP contribution in [0.5, 0.6) is 5.75 Å². The van der Waals surface area contributed by atoms with Crippen LogP contribution in [0.2, 0.25) is 0 Å². The SMILES string of the molecule is COCCNS(=O)(=O)c1cc(C(=O)N(C)CC(=O)NC(C)(C)C)ccc1OC. The molecule has 0 aliphatic rings. The summed E-state index contributed by atoms with van der Waals surface area (Å²) in [4.78, 5) is 25.7. The summed E-state index contributed by atoms with van der Waals surface area (Å²) >= 11 is 0. The maximum Gasteiger partial charge on any atom is 0.254 e. The molecule has 0 bridgehead atoms. The van der Waals surface area contributed by atoms with Crippen molar-refractivity contribution in [3.05, 3.63) is 23.8 Å². The van der Waals surface area contributed by atoms with Crippen molar-refractivity contribution < 1.29 is 27.5 Å². The van der Waals surface area contributed by atoms with E-state index in [0.717, 1.165) is 0 Å². The van der Waals surface area contributed by atoms with E-state index in [0.29, 0.717) is 0 Å². The molecule has 0 radical (unpaired) electrons. The summed E-state index contributed by atoms with van der Waals surface area (Å²) < 4.78 is 37.4. The van der Waals surface area contributed by atoms with Crippen LogP contribution in [0, 0.1) is 0 Å². The number of hydrogen-bond donors (Lipinski definition) is 2. The lowest BCUT2D eigenvalue weighted by atomic mass is 10.1. The zero-order valence-electron chi connectivity index (χ0n) is 17.2. The number of nitrogens with one attached hydrogen (secondary N) is 2. The lowest BCUT2D eigenvalue weighted by molar-refractivity contribution is -0.122. The number of amides is 2. The van der Waals surface area contributed by atoms with Crippen molar-refractivity contribution in [2.45, 2.75) is 31.2 Å². The number of likely N-dealkylation sites (N-methyl/N-ethyl adjacent to an activating group) is 1. The van der Waals surface area contributed by atoms with Crippen LogP contribution in [0.25, 0.3) is 0 Å². The van der Waals surface area contributed by atoms with Crippen molar-refractivity contribution in [3.63, 3.8) is 0 Å². The zero-order chi connectivity index (χ0) is 21.5. The van der Waals surface area contributed by atoms with E-state index in [2.05, 4.69) is 10.0 Å². The smallest absolute Gasteiger partial charge is 0.254 e. The first-order valence-electron chi connectivity index (χ1n) is 8.64. The molecule has 0 aromatic heterocycles. The second-order valence-corrected chi connectivity index (χ2v) is 8.95. The van der Waals surface area contributed by atoms with Crippen molar-refractivity contribution in [3.8, 4) is 5.75 Å². The Kier molecular flexibility index (Phi) is 8.40. The average molecular weight is 416 g/mol. The number of ether oxygens (including phenoxy) is 2. The quantitative estimate of drug-likeness (QED) is 0.571. The number of benzene rings is 1. The van der Waals surface area contributed by atoms with Gasteiger partial charge in [-0.05, 0) is 39.0 Å². The Morgan fingerprint density at radius 1 is 1.18 bits per heavy atom. The molecule has 0 atom stereocenters. The van der Waals surface area contributed by atoms with Gasteiger partial charge in [0.25, 0.3) is 5.91 Å². The van der Waals surface area contributed by atoms with Gasteiger partial charge in [-0.15, -0.1) is 0 Å². The van der Waals surface area contributed by atoms with Crippen LogP contribution in [0.3, 0.4) is 0 Å². The number of nitrogens with zero attached hydrogens (tertiary/aromatic N) is 1. The minimum atomic E-state index is -3.91. The van der Waals surface area contributed by atoms with E-state index in [4.69, 9.17) is 9.47 Å². The molecule has 0 saturated carbocycles. The third-order valence-electron chi connectivity index (χ3n) is 3.54. The molecule has 1 aromatic carbocycles. The number of sulfonamides is 1. The summed E-state index contributed by atoms with van der Waals surface area (Å²) in [6.45, 7) is 5.63. The number of rotatable bonds is 9. The molecule has 2 N–H and O–H groups in total. The van der Waals surface area contributed by atoms with Crippen LogP contribution >= 0.6 is 0 Å². The standard InChI is InChI=1S/C18H29N3O6S/c1-18(2,3)20-16(22)12-21(4)17(23)13-7-8-14(27-6)15(11-13)28(24,25)19-9-10-26-5/h7-8,11,19H,9-10,12H2,1-6H3,(H,20,22). The van der Waals surface area contributed by atoms with Crippen LogP contribution in [0.1, 0.15) is 31.1 Å². The fourth-order valence-corrected chi connectivity index (χ4v) is 3.55. The van der Waals surface area contributed by atoms with E-state index in [1.807, 2.05) is 20.8 Å². The molecular weight excluding hydrogens is 386 g/mol. The summed E-state index contributed by atoms with van der Waals surface area (Å²) in [5.41, 5.74) is -0.296. The Bertz CT molecular complexity index is 802. The summed E-state index contributed by atoms with van der Waals surface area (Å²) in [5, 5.41) is 2.77. The van der Waals surface area contributed by atoms with Crippen molar-refractivity contribution in [1.29, 1.82) is 0 Å². The van der Waals surface area contributed by atoms with Gasteiger partial charge in [-0.2, -0.15) is 0 Å². The molecule has 0 spiro atoms. The van der Waals surface area contributed by atoms with Crippen LogP contribution < -0.4 is 14.8 Å².